The largest absolute Gasteiger partial charge is 0.480 e. The van der Waals surface area contributed by atoms with E-state index in [4.69, 9.17) is 5.11 Å². The molecule has 0 bridgehead atoms. The number of carboxylic acids is 1. The molecule has 0 saturated heterocycles. The van der Waals surface area contributed by atoms with Gasteiger partial charge in [0.15, 0.2) is 0 Å². The molecule has 23 heavy (non-hydrogen) atoms. The summed E-state index contributed by atoms with van der Waals surface area (Å²) in [6.07, 6.45) is 4.81. The molecule has 1 N–H and O–H groups in total. The van der Waals surface area contributed by atoms with Gasteiger partial charge in [-0.05, 0) is 24.3 Å². The van der Waals surface area contributed by atoms with Crippen molar-refractivity contribution in [2.75, 3.05) is 0 Å². The lowest BCUT2D eigenvalue weighted by Gasteiger charge is -2.08. The summed E-state index contributed by atoms with van der Waals surface area (Å²) in [5.41, 5.74) is 0.831. The lowest BCUT2D eigenvalue weighted by atomic mass is 10.2. The number of nitrogens with zero attached hydrogens (tertiary/aromatic N) is 5. The molecular formula is C15H13N5O3. The van der Waals surface area contributed by atoms with E-state index in [-0.39, 0.29) is 11.4 Å². The summed E-state index contributed by atoms with van der Waals surface area (Å²) in [6, 6.07) is 6.83. The zero-order valence-corrected chi connectivity index (χ0v) is 12.2. The lowest BCUT2D eigenvalue weighted by molar-refractivity contribution is -0.137. The van der Waals surface area contributed by atoms with Crippen LogP contribution in [-0.4, -0.2) is 35.6 Å². The zero-order chi connectivity index (χ0) is 16.4. The Morgan fingerprint density at radius 2 is 2.09 bits per heavy atom. The summed E-state index contributed by atoms with van der Waals surface area (Å²) < 4.78 is 2.68. The molecule has 3 aromatic rings. The third-order valence-corrected chi connectivity index (χ3v) is 3.34. The molecule has 2 heterocycles. The molecule has 0 aliphatic rings. The first-order chi connectivity index (χ1) is 11.1. The second kappa shape index (κ2) is 5.84. The average molecular weight is 311 g/mol. The minimum Gasteiger partial charge on any atom is -0.480 e. The number of rotatable bonds is 4. The Morgan fingerprint density at radius 1 is 1.30 bits per heavy atom. The van der Waals surface area contributed by atoms with E-state index in [2.05, 4.69) is 15.3 Å². The van der Waals surface area contributed by atoms with E-state index in [9.17, 15) is 9.59 Å². The normalized spacial score (nSPS) is 11.3. The van der Waals surface area contributed by atoms with E-state index in [1.54, 1.807) is 54.3 Å². The number of fused-ring (bicyclic) bond motifs is 1. The lowest BCUT2D eigenvalue weighted by Crippen LogP contribution is -2.27. The molecule has 116 valence electrons. The molecule has 0 aliphatic heterocycles. The van der Waals surface area contributed by atoms with Crippen molar-refractivity contribution in [2.24, 2.45) is 7.05 Å². The average Bonchev–Trinajstić information content (AvgIpc) is 2.93. The maximum atomic E-state index is 12.5. The molecular weight excluding hydrogens is 298 g/mol. The third kappa shape index (κ3) is 2.86. The predicted octanol–water partition coefficient (Wildman–Crippen LogP) is 0.780. The van der Waals surface area contributed by atoms with Gasteiger partial charge in [-0.2, -0.15) is 0 Å². The van der Waals surface area contributed by atoms with Gasteiger partial charge in [-0.25, -0.2) is 9.67 Å². The summed E-state index contributed by atoms with van der Waals surface area (Å²) in [7, 11) is 1.73. The fourth-order valence-electron chi connectivity index (χ4n) is 2.21. The highest BCUT2D eigenvalue weighted by Gasteiger charge is 2.11. The van der Waals surface area contributed by atoms with Crippen LogP contribution in [0.3, 0.4) is 0 Å². The number of para-hydroxylation sites is 1. The maximum Gasteiger partial charge on any atom is 0.323 e. The SMILES string of the molecule is Cn1nncc1C=Cc1nc2ccccc2c(=O)n1CC(=O)O. The third-order valence-electron chi connectivity index (χ3n) is 3.34. The molecule has 0 unspecified atom stereocenters. The van der Waals surface area contributed by atoms with Crippen LogP contribution in [-0.2, 0) is 18.4 Å². The second-order valence-corrected chi connectivity index (χ2v) is 4.89. The van der Waals surface area contributed by atoms with Crippen molar-refractivity contribution in [3.05, 3.63) is 52.3 Å². The molecule has 0 amide bonds. The molecule has 2 aromatic heterocycles. The number of aliphatic carboxylic acids is 1. The van der Waals surface area contributed by atoms with Gasteiger partial charge in [0.2, 0.25) is 0 Å². The van der Waals surface area contributed by atoms with E-state index in [0.717, 1.165) is 4.57 Å². The Hall–Kier alpha value is -3.29. The monoisotopic (exact) mass is 311 g/mol. The van der Waals surface area contributed by atoms with Gasteiger partial charge < -0.3 is 5.11 Å². The van der Waals surface area contributed by atoms with Crippen LogP contribution in [0.4, 0.5) is 0 Å². The number of carboxylic acid groups (broad SMARTS) is 1. The van der Waals surface area contributed by atoms with Crippen molar-refractivity contribution >= 4 is 29.0 Å². The van der Waals surface area contributed by atoms with Crippen LogP contribution in [0, 0.1) is 0 Å². The fourth-order valence-corrected chi connectivity index (χ4v) is 2.21. The van der Waals surface area contributed by atoms with Gasteiger partial charge in [0, 0.05) is 7.05 Å². The van der Waals surface area contributed by atoms with Crippen LogP contribution in [0.5, 0.6) is 0 Å². The highest BCUT2D eigenvalue weighted by molar-refractivity contribution is 5.79. The second-order valence-electron chi connectivity index (χ2n) is 4.89. The highest BCUT2D eigenvalue weighted by atomic mass is 16.4. The summed E-state index contributed by atoms with van der Waals surface area (Å²) in [4.78, 5) is 28.0. The summed E-state index contributed by atoms with van der Waals surface area (Å²) in [5.74, 6) is -0.849. The first kappa shape index (κ1) is 14.6. The van der Waals surface area contributed by atoms with Crippen LogP contribution >= 0.6 is 0 Å². The number of hydrogen-bond acceptors (Lipinski definition) is 5. The van der Waals surface area contributed by atoms with Gasteiger partial charge in [0.1, 0.15) is 12.4 Å². The molecule has 0 aliphatic carbocycles. The molecule has 0 radical (unpaired) electrons. The van der Waals surface area contributed by atoms with Crippen LogP contribution in [0.2, 0.25) is 0 Å². The van der Waals surface area contributed by atoms with Gasteiger partial charge in [-0.15, -0.1) is 5.10 Å². The molecule has 0 spiro atoms. The van der Waals surface area contributed by atoms with E-state index in [0.29, 0.717) is 16.6 Å². The Morgan fingerprint density at radius 3 is 2.78 bits per heavy atom. The zero-order valence-electron chi connectivity index (χ0n) is 12.2. The van der Waals surface area contributed by atoms with E-state index >= 15 is 0 Å². The van der Waals surface area contributed by atoms with Crippen LogP contribution in [0.1, 0.15) is 11.5 Å². The number of hydrogen-bond donors (Lipinski definition) is 1. The highest BCUT2D eigenvalue weighted by Crippen LogP contribution is 2.10. The van der Waals surface area contributed by atoms with Crippen molar-refractivity contribution in [1.29, 1.82) is 0 Å². The first-order valence-corrected chi connectivity index (χ1v) is 6.80. The van der Waals surface area contributed by atoms with E-state index in [1.165, 1.54) is 0 Å². The molecule has 1 aromatic carbocycles. The topological polar surface area (TPSA) is 103 Å². The predicted molar refractivity (Wildman–Crippen MR) is 83.6 cm³/mol. The summed E-state index contributed by atoms with van der Waals surface area (Å²) in [6.45, 7) is -0.458. The summed E-state index contributed by atoms with van der Waals surface area (Å²) >= 11 is 0. The molecule has 8 nitrogen and oxygen atoms in total. The molecule has 0 fully saturated rings. The van der Waals surface area contributed by atoms with Crippen LogP contribution in [0.15, 0.2) is 35.3 Å². The van der Waals surface area contributed by atoms with Crippen molar-refractivity contribution in [2.45, 2.75) is 6.54 Å². The van der Waals surface area contributed by atoms with Gasteiger partial charge in [-0.1, -0.05) is 17.3 Å². The molecule has 8 heteroatoms. The standard InChI is InChI=1S/C15H13N5O3/c1-19-10(8-16-18-19)6-7-13-17-12-5-3-2-4-11(12)15(23)20(13)9-14(21)22/h2-8H,9H2,1H3,(H,21,22). The summed E-state index contributed by atoms with van der Waals surface area (Å²) in [5, 5.41) is 17.0. The number of aromatic nitrogens is 5. The Bertz CT molecular complexity index is 971. The van der Waals surface area contributed by atoms with E-state index in [1.807, 2.05) is 0 Å². The van der Waals surface area contributed by atoms with Gasteiger partial charge in [-0.3, -0.25) is 14.2 Å². The smallest absolute Gasteiger partial charge is 0.323 e. The van der Waals surface area contributed by atoms with Gasteiger partial charge in [0.05, 0.1) is 22.8 Å². The first-order valence-electron chi connectivity index (χ1n) is 6.80. The Kier molecular flexibility index (Phi) is 3.71. The molecule has 0 atom stereocenters. The van der Waals surface area contributed by atoms with Gasteiger partial charge in [0.25, 0.3) is 5.56 Å². The van der Waals surface area contributed by atoms with Gasteiger partial charge >= 0.3 is 5.97 Å². The molecule has 0 saturated carbocycles. The van der Waals surface area contributed by atoms with Crippen molar-refractivity contribution in [1.82, 2.24) is 24.5 Å². The quantitative estimate of drug-likeness (QED) is 0.763. The van der Waals surface area contributed by atoms with Crippen molar-refractivity contribution < 1.29 is 9.90 Å². The Balaban J connectivity index is 2.17. The maximum absolute atomic E-state index is 12.5. The minimum atomic E-state index is -1.11. The van der Waals surface area contributed by atoms with Crippen molar-refractivity contribution in [3.8, 4) is 0 Å². The van der Waals surface area contributed by atoms with Crippen molar-refractivity contribution in [3.63, 3.8) is 0 Å². The Labute approximate surface area is 130 Å². The minimum absolute atomic E-state index is 0.261. The van der Waals surface area contributed by atoms with Crippen LogP contribution < -0.4 is 5.56 Å². The van der Waals surface area contributed by atoms with Crippen LogP contribution in [0.25, 0.3) is 23.1 Å². The fraction of sp³-hybridized carbons (Fsp3) is 0.133. The number of benzene rings is 1. The van der Waals surface area contributed by atoms with E-state index < -0.39 is 12.5 Å². The number of carbonyl (C=O) groups is 1. The number of aryl methyl sites for hydroxylation is 1. The molecule has 3 rings (SSSR count).